The van der Waals surface area contributed by atoms with Gasteiger partial charge in [0.2, 0.25) is 0 Å². The molecule has 0 bridgehead atoms. The van der Waals surface area contributed by atoms with Gasteiger partial charge in [0.05, 0.1) is 0 Å². The summed E-state index contributed by atoms with van der Waals surface area (Å²) in [7, 11) is 4.38. The van der Waals surface area contributed by atoms with Crippen LogP contribution in [0.15, 0.2) is 0 Å². The Kier molecular flexibility index (Phi) is 16.8. The van der Waals surface area contributed by atoms with E-state index >= 15 is 0 Å². The van der Waals surface area contributed by atoms with E-state index in [4.69, 9.17) is 0 Å². The van der Waals surface area contributed by atoms with Crippen LogP contribution in [0.2, 0.25) is 21.0 Å². The molecule has 0 radical (unpaired) electrons. The van der Waals surface area contributed by atoms with E-state index < -0.39 is 13.3 Å². The largest absolute Gasteiger partial charge is 0.147 e. The molecule has 2 saturated heterocycles. The van der Waals surface area contributed by atoms with Crippen LogP contribution < -0.4 is 0 Å². The fourth-order valence-electron chi connectivity index (χ4n) is 4.51. The molecule has 2 aliphatic rings. The molecule has 0 N–H and O–H groups in total. The molecule has 2 fully saturated rings. The number of hydrogen-bond donors (Lipinski definition) is 0. The van der Waals surface area contributed by atoms with Crippen molar-refractivity contribution in [1.82, 2.24) is 9.80 Å². The van der Waals surface area contributed by atoms with E-state index in [1.807, 2.05) is 0 Å². The number of halogens is 2. The Hall–Kier alpha value is 1.04. The van der Waals surface area contributed by atoms with Crippen molar-refractivity contribution in [2.45, 2.75) is 87.2 Å². The minimum Gasteiger partial charge on any atom is -0.147 e. The van der Waals surface area contributed by atoms with Crippen LogP contribution in [0.25, 0.3) is 0 Å². The van der Waals surface area contributed by atoms with E-state index in [9.17, 15) is 0 Å². The molecule has 5 heteroatoms. The summed E-state index contributed by atoms with van der Waals surface area (Å²) in [4.78, 5) is 5.08. The summed E-state index contributed by atoms with van der Waals surface area (Å²) < 4.78 is 0. The number of nitrogens with zero attached hydrogens (tertiary/aromatic N) is 2. The molecule has 160 valence electrons. The molecule has 0 aromatic carbocycles. The van der Waals surface area contributed by atoms with E-state index in [2.05, 4.69) is 51.6 Å². The molecule has 0 aliphatic carbocycles. The summed E-state index contributed by atoms with van der Waals surface area (Å²) in [6.07, 6.45) is 8.65. The molecule has 0 amide bonds. The summed E-state index contributed by atoms with van der Waals surface area (Å²) >= 11 is -1.34. The van der Waals surface area contributed by atoms with E-state index in [-0.39, 0.29) is 24.8 Å². The van der Waals surface area contributed by atoms with E-state index in [1.54, 1.807) is 33.9 Å². The molecule has 0 saturated carbocycles. The maximum atomic E-state index is 2.77. The van der Waals surface area contributed by atoms with Crippen molar-refractivity contribution in [2.24, 2.45) is 5.41 Å². The average molecular weight is 472 g/mol. The van der Waals surface area contributed by atoms with Gasteiger partial charge in [-0.05, 0) is 0 Å². The Morgan fingerprint density at radius 3 is 1.85 bits per heavy atom. The number of unbranched alkanes of at least 4 members (excludes halogenated alkanes) is 1. The molecule has 0 aromatic rings. The molecule has 1 spiro atoms. The fraction of sp³-hybridized carbons (Fsp3) is 1.00. The first-order chi connectivity index (χ1) is 11.4. The van der Waals surface area contributed by atoms with Crippen LogP contribution in [0.1, 0.15) is 66.2 Å². The van der Waals surface area contributed by atoms with Crippen LogP contribution in [0.5, 0.6) is 0 Å². The van der Waals surface area contributed by atoms with Crippen molar-refractivity contribution in [3.8, 4) is 0 Å². The van der Waals surface area contributed by atoms with Crippen molar-refractivity contribution < 1.29 is 0 Å². The Labute approximate surface area is 180 Å². The average Bonchev–Trinajstić information content (AvgIpc) is 2.99. The summed E-state index contributed by atoms with van der Waals surface area (Å²) in [6, 6.07) is 0. The van der Waals surface area contributed by atoms with Gasteiger partial charge in [-0.15, -0.1) is 24.8 Å². The van der Waals surface area contributed by atoms with Crippen LogP contribution >= 0.6 is 24.8 Å². The number of likely N-dealkylation sites (tertiary alicyclic amines) is 1. The third-order valence-corrected chi connectivity index (χ3v) is 18.8. The van der Waals surface area contributed by atoms with Gasteiger partial charge in [-0.1, -0.05) is 26.7 Å². The number of rotatable bonds is 7. The molecule has 2 aliphatic heterocycles. The van der Waals surface area contributed by atoms with Gasteiger partial charge < -0.3 is 0 Å². The zero-order valence-corrected chi connectivity index (χ0v) is 22.3. The second-order valence-corrected chi connectivity index (χ2v) is 20.2. The van der Waals surface area contributed by atoms with Crippen molar-refractivity contribution >= 4 is 38.1 Å². The second-order valence-electron chi connectivity index (χ2n) is 8.89. The quantitative estimate of drug-likeness (QED) is 0.388. The maximum Gasteiger partial charge on any atom is -0.147 e. The topological polar surface area (TPSA) is 6.48 Å². The van der Waals surface area contributed by atoms with Gasteiger partial charge in [-0.3, -0.25) is 0 Å². The van der Waals surface area contributed by atoms with Crippen molar-refractivity contribution in [3.63, 3.8) is 0 Å². The summed E-state index contributed by atoms with van der Waals surface area (Å²) in [6.45, 7) is 14.7. The molecule has 2 nitrogen and oxygen atoms in total. The smallest absolute Gasteiger partial charge is 0.147 e. The predicted octanol–water partition coefficient (Wildman–Crippen LogP) is 6.56. The molecule has 0 atom stereocenters. The SMILES string of the molecule is CCCC.C[CH2][Ge]1([CH2]C)[CH2]CC2(CCN(CCCN(C)C)C2)C[CH2]1.Cl.Cl. The molecule has 2 heterocycles. The van der Waals surface area contributed by atoms with Crippen LogP contribution in [0.4, 0.5) is 0 Å². The standard InChI is InChI=1S/C17H36GeN2.C4H10.2ClH/c1-5-18(6-2)11-8-17(9-12-18)10-15-20(16-17)14-7-13-19(3)4;1-3-4-2;;/h5-16H2,1-4H3;3-4H2,1-2H3;2*1H. The van der Waals surface area contributed by atoms with Crippen molar-refractivity contribution in [3.05, 3.63) is 0 Å². The van der Waals surface area contributed by atoms with Crippen molar-refractivity contribution in [1.29, 1.82) is 0 Å². The first-order valence-corrected chi connectivity index (χ1v) is 16.8. The van der Waals surface area contributed by atoms with Gasteiger partial charge in [0.1, 0.15) is 0 Å². The van der Waals surface area contributed by atoms with E-state index in [1.165, 1.54) is 51.9 Å². The molecule has 0 unspecified atom stereocenters. The first kappa shape index (κ1) is 29.2. The zero-order chi connectivity index (χ0) is 18.1. The Balaban J connectivity index is 0. The fourth-order valence-corrected chi connectivity index (χ4v) is 13.5. The Morgan fingerprint density at radius 2 is 1.42 bits per heavy atom. The minimum absolute atomic E-state index is 0. The predicted molar refractivity (Wildman–Crippen MR) is 127 cm³/mol. The van der Waals surface area contributed by atoms with Gasteiger partial charge in [-0.2, -0.15) is 0 Å². The third-order valence-electron chi connectivity index (χ3n) is 6.97. The van der Waals surface area contributed by atoms with Crippen LogP contribution in [-0.2, 0) is 0 Å². The molecule has 0 aromatic heterocycles. The van der Waals surface area contributed by atoms with Gasteiger partial charge in [0, 0.05) is 0 Å². The maximum absolute atomic E-state index is 2.77. The summed E-state index contributed by atoms with van der Waals surface area (Å²) in [5, 5.41) is 6.52. The van der Waals surface area contributed by atoms with E-state index in [0.717, 1.165) is 5.41 Å². The molecule has 26 heavy (non-hydrogen) atoms. The second kappa shape index (κ2) is 15.0. The van der Waals surface area contributed by atoms with Crippen LogP contribution in [0, 0.1) is 5.41 Å². The van der Waals surface area contributed by atoms with Gasteiger partial charge >= 0.3 is 129 Å². The first-order valence-electron chi connectivity index (χ1n) is 10.8. The Bertz CT molecular complexity index is 324. The third kappa shape index (κ3) is 9.50. The van der Waals surface area contributed by atoms with E-state index in [0.29, 0.717) is 0 Å². The normalized spacial score (nSPS) is 20.9. The number of hydrogen-bond acceptors (Lipinski definition) is 2. The minimum atomic E-state index is -1.34. The zero-order valence-electron chi connectivity index (χ0n) is 18.6. The van der Waals surface area contributed by atoms with Crippen LogP contribution in [-0.4, -0.2) is 63.3 Å². The Morgan fingerprint density at radius 1 is 0.885 bits per heavy atom. The van der Waals surface area contributed by atoms with Gasteiger partial charge in [0.25, 0.3) is 0 Å². The summed E-state index contributed by atoms with van der Waals surface area (Å²) in [5.41, 5.74) is 0.747. The van der Waals surface area contributed by atoms with Crippen molar-refractivity contribution in [2.75, 3.05) is 40.3 Å². The van der Waals surface area contributed by atoms with Crippen LogP contribution in [0.3, 0.4) is 0 Å². The van der Waals surface area contributed by atoms with Gasteiger partial charge in [-0.25, -0.2) is 0 Å². The summed E-state index contributed by atoms with van der Waals surface area (Å²) in [5.74, 6) is 0. The van der Waals surface area contributed by atoms with Gasteiger partial charge in [0.15, 0.2) is 0 Å². The molecular formula is C21H48Cl2GeN2. The monoisotopic (exact) mass is 472 g/mol. The molecule has 2 rings (SSSR count). The molecular weight excluding hydrogens is 424 g/mol.